The highest BCUT2D eigenvalue weighted by molar-refractivity contribution is 6.02. The van der Waals surface area contributed by atoms with Crippen LogP contribution in [0.5, 0.6) is 0 Å². The van der Waals surface area contributed by atoms with Gasteiger partial charge in [-0.1, -0.05) is 30.3 Å². The van der Waals surface area contributed by atoms with Crippen LogP contribution < -0.4 is 10.2 Å². The molecule has 174 valence electrons. The van der Waals surface area contributed by atoms with Gasteiger partial charge in [0.05, 0.1) is 19.6 Å². The lowest BCUT2D eigenvalue weighted by molar-refractivity contribution is -0.187. The summed E-state index contributed by atoms with van der Waals surface area (Å²) in [5, 5.41) is 3.02. The van der Waals surface area contributed by atoms with Crippen LogP contribution in [0.1, 0.15) is 36.8 Å². The van der Waals surface area contributed by atoms with Gasteiger partial charge in [0.2, 0.25) is 5.91 Å². The van der Waals surface area contributed by atoms with Gasteiger partial charge in [0.1, 0.15) is 0 Å². The van der Waals surface area contributed by atoms with Crippen molar-refractivity contribution in [2.45, 2.75) is 44.3 Å². The molecule has 7 heteroatoms. The molecule has 3 aliphatic heterocycles. The molecule has 3 heterocycles. The van der Waals surface area contributed by atoms with Gasteiger partial charge in [0.25, 0.3) is 0 Å². The van der Waals surface area contributed by atoms with E-state index in [1.807, 2.05) is 52.3 Å². The smallest absolute Gasteiger partial charge is 0.326 e. The quantitative estimate of drug-likeness (QED) is 0.770. The number of likely N-dealkylation sites (tertiary alicyclic amines) is 1. The van der Waals surface area contributed by atoms with Crippen molar-refractivity contribution in [3.05, 3.63) is 59.7 Å². The molecule has 0 saturated carbocycles. The Hall–Kier alpha value is -2.90. The predicted octanol–water partition coefficient (Wildman–Crippen LogP) is 3.97. The number of rotatable bonds is 3. The second-order valence-electron chi connectivity index (χ2n) is 9.03. The Morgan fingerprint density at radius 3 is 2.39 bits per heavy atom. The van der Waals surface area contributed by atoms with Crippen molar-refractivity contribution >= 4 is 23.3 Å². The van der Waals surface area contributed by atoms with Crippen LogP contribution in [0, 0.1) is 0 Å². The van der Waals surface area contributed by atoms with Gasteiger partial charge in [-0.3, -0.25) is 9.69 Å². The summed E-state index contributed by atoms with van der Waals surface area (Å²) in [5.41, 5.74) is 3.88. The summed E-state index contributed by atoms with van der Waals surface area (Å²) < 4.78 is 11.5. The van der Waals surface area contributed by atoms with Gasteiger partial charge in [0, 0.05) is 43.9 Å². The Bertz CT molecular complexity index is 991. The average Bonchev–Trinajstić information content (AvgIpc) is 3.17. The molecule has 0 aromatic heterocycles. The number of hydrogen-bond acceptors (Lipinski definition) is 4. The molecule has 5 rings (SSSR count). The molecule has 0 aliphatic carbocycles. The van der Waals surface area contributed by atoms with E-state index in [0.29, 0.717) is 39.3 Å². The van der Waals surface area contributed by atoms with Crippen molar-refractivity contribution in [1.82, 2.24) is 4.90 Å². The van der Waals surface area contributed by atoms with E-state index < -0.39 is 5.79 Å². The molecule has 1 spiro atoms. The molecule has 2 aromatic carbocycles. The first-order chi connectivity index (χ1) is 16.1. The molecule has 2 aromatic rings. The summed E-state index contributed by atoms with van der Waals surface area (Å²) in [6.07, 6.45) is 4.87. The van der Waals surface area contributed by atoms with Crippen molar-refractivity contribution in [3.63, 3.8) is 0 Å². The third kappa shape index (κ3) is 4.89. The summed E-state index contributed by atoms with van der Waals surface area (Å²) in [6.45, 7) is 3.30. The fraction of sp³-hybridized carbons (Fsp3) is 0.462. The summed E-state index contributed by atoms with van der Waals surface area (Å²) in [7, 11) is 0. The molecule has 0 unspecified atom stereocenters. The van der Waals surface area contributed by atoms with Gasteiger partial charge in [-0.15, -0.1) is 0 Å². The topological polar surface area (TPSA) is 71.1 Å². The monoisotopic (exact) mass is 449 g/mol. The number of ether oxygens (including phenoxy) is 2. The molecule has 0 radical (unpaired) electrons. The number of amides is 3. The van der Waals surface area contributed by atoms with Crippen LogP contribution in [0.15, 0.2) is 48.5 Å². The lowest BCUT2D eigenvalue weighted by Crippen LogP contribution is -2.47. The van der Waals surface area contributed by atoms with Crippen LogP contribution in [0.25, 0.3) is 0 Å². The van der Waals surface area contributed by atoms with E-state index in [-0.39, 0.29) is 11.9 Å². The number of fused-ring (bicyclic) bond motifs is 1. The van der Waals surface area contributed by atoms with E-state index in [1.54, 1.807) is 0 Å². The van der Waals surface area contributed by atoms with Crippen molar-refractivity contribution in [3.8, 4) is 0 Å². The van der Waals surface area contributed by atoms with Gasteiger partial charge in [-0.25, -0.2) is 4.79 Å². The minimum absolute atomic E-state index is 0.112. The molecule has 0 bridgehead atoms. The van der Waals surface area contributed by atoms with E-state index >= 15 is 0 Å². The van der Waals surface area contributed by atoms with Crippen molar-refractivity contribution in [2.24, 2.45) is 0 Å². The average molecular weight is 450 g/mol. The number of benzene rings is 2. The minimum atomic E-state index is -0.468. The van der Waals surface area contributed by atoms with Crippen molar-refractivity contribution in [1.29, 1.82) is 0 Å². The number of carbonyl (C=O) groups is 2. The summed E-state index contributed by atoms with van der Waals surface area (Å²) >= 11 is 0. The number of carbonyl (C=O) groups excluding carboxylic acids is 2. The maximum Gasteiger partial charge on any atom is 0.326 e. The van der Waals surface area contributed by atoms with E-state index in [2.05, 4.69) is 11.4 Å². The van der Waals surface area contributed by atoms with Gasteiger partial charge < -0.3 is 19.7 Å². The molecular weight excluding hydrogens is 418 g/mol. The van der Waals surface area contributed by atoms with Gasteiger partial charge in [-0.2, -0.15) is 0 Å². The summed E-state index contributed by atoms with van der Waals surface area (Å²) in [4.78, 5) is 29.5. The lowest BCUT2D eigenvalue weighted by Gasteiger charge is -2.37. The van der Waals surface area contributed by atoms with Crippen molar-refractivity contribution < 1.29 is 19.1 Å². The zero-order chi connectivity index (χ0) is 22.7. The zero-order valence-corrected chi connectivity index (χ0v) is 18.9. The second-order valence-corrected chi connectivity index (χ2v) is 9.03. The zero-order valence-electron chi connectivity index (χ0n) is 18.9. The van der Waals surface area contributed by atoms with Crippen LogP contribution >= 0.6 is 0 Å². The predicted molar refractivity (Wildman–Crippen MR) is 126 cm³/mol. The minimum Gasteiger partial charge on any atom is -0.347 e. The first kappa shape index (κ1) is 21.9. The molecule has 3 aliphatic rings. The number of nitrogens with one attached hydrogen (secondary N) is 1. The van der Waals surface area contributed by atoms with Crippen LogP contribution in [0.3, 0.4) is 0 Å². The van der Waals surface area contributed by atoms with E-state index in [9.17, 15) is 9.59 Å². The fourth-order valence-electron chi connectivity index (χ4n) is 4.97. The van der Waals surface area contributed by atoms with E-state index in [0.717, 1.165) is 49.0 Å². The largest absolute Gasteiger partial charge is 0.347 e. The highest BCUT2D eigenvalue weighted by atomic mass is 16.7. The SMILES string of the molecule is O=C(Cc1ccc(NC(=O)N2CCCCc3ccccc32)cc1)N1CCC2(CC1)OCCO2. The molecule has 33 heavy (non-hydrogen) atoms. The van der Waals surface area contributed by atoms with Crippen molar-refractivity contribution in [2.75, 3.05) is 43.1 Å². The number of piperidine rings is 1. The maximum atomic E-state index is 13.0. The number of para-hydroxylation sites is 1. The van der Waals surface area contributed by atoms with Gasteiger partial charge in [-0.05, 0) is 48.6 Å². The van der Waals surface area contributed by atoms with E-state index in [4.69, 9.17) is 9.47 Å². The fourth-order valence-corrected chi connectivity index (χ4v) is 4.97. The Balaban J connectivity index is 1.16. The molecule has 3 amide bonds. The Morgan fingerprint density at radius 2 is 1.64 bits per heavy atom. The number of hydrogen-bond donors (Lipinski definition) is 1. The summed E-state index contributed by atoms with van der Waals surface area (Å²) in [5.74, 6) is -0.356. The van der Waals surface area contributed by atoms with Crippen LogP contribution in [0.4, 0.5) is 16.2 Å². The number of aryl methyl sites for hydroxylation is 1. The molecule has 2 fully saturated rings. The Morgan fingerprint density at radius 1 is 0.909 bits per heavy atom. The highest BCUT2D eigenvalue weighted by Gasteiger charge is 2.40. The first-order valence-electron chi connectivity index (χ1n) is 11.9. The second kappa shape index (κ2) is 9.53. The Labute approximate surface area is 194 Å². The summed E-state index contributed by atoms with van der Waals surface area (Å²) in [6, 6.07) is 15.6. The number of anilines is 2. The third-order valence-corrected chi connectivity index (χ3v) is 6.86. The van der Waals surface area contributed by atoms with Crippen LogP contribution in [0.2, 0.25) is 0 Å². The molecule has 1 N–H and O–H groups in total. The Kier molecular flexibility index (Phi) is 6.33. The maximum absolute atomic E-state index is 13.0. The highest BCUT2D eigenvalue weighted by Crippen LogP contribution is 2.31. The van der Waals surface area contributed by atoms with E-state index in [1.165, 1.54) is 5.56 Å². The van der Waals surface area contributed by atoms with Gasteiger partial charge >= 0.3 is 6.03 Å². The molecular formula is C26H31N3O4. The molecule has 7 nitrogen and oxygen atoms in total. The first-order valence-corrected chi connectivity index (χ1v) is 11.9. The number of urea groups is 1. The van der Waals surface area contributed by atoms with Gasteiger partial charge in [0.15, 0.2) is 5.79 Å². The normalized spacial score (nSPS) is 19.8. The standard InChI is InChI=1S/C26H31N3O4/c30-24(28-15-12-26(13-16-28)32-17-18-33-26)19-20-8-10-22(11-9-20)27-25(31)29-14-4-3-6-21-5-1-2-7-23(21)29/h1-2,5,7-11H,3-4,6,12-19H2,(H,27,31). The lowest BCUT2D eigenvalue weighted by atomic mass is 10.0. The molecule has 2 saturated heterocycles. The van der Waals surface area contributed by atoms with Crippen LogP contribution in [-0.4, -0.2) is 55.5 Å². The third-order valence-electron chi connectivity index (χ3n) is 6.86. The molecule has 0 atom stereocenters. The number of nitrogens with zero attached hydrogens (tertiary/aromatic N) is 2. The van der Waals surface area contributed by atoms with Crippen LogP contribution in [-0.2, 0) is 27.1 Å².